The van der Waals surface area contributed by atoms with E-state index in [0.717, 1.165) is 16.7 Å². The second kappa shape index (κ2) is 7.18. The maximum atomic E-state index is 13.5. The highest BCUT2D eigenvalue weighted by Crippen LogP contribution is 2.31. The lowest BCUT2D eigenvalue weighted by atomic mass is 10.0. The summed E-state index contributed by atoms with van der Waals surface area (Å²) in [6.45, 7) is 0.166. The Kier molecular flexibility index (Phi) is 4.79. The van der Waals surface area contributed by atoms with Crippen LogP contribution in [0.3, 0.4) is 0 Å². The number of nitrogens with zero attached hydrogens (tertiary/aromatic N) is 1. The fraction of sp³-hybridized carbons (Fsp3) is 0.105. The second-order valence-electron chi connectivity index (χ2n) is 5.67. The largest absolute Gasteiger partial charge is 0.496 e. The normalized spacial score (nSPS) is 10.5. The molecule has 0 bridgehead atoms. The highest BCUT2D eigenvalue weighted by molar-refractivity contribution is 5.70. The lowest BCUT2D eigenvalue weighted by molar-refractivity contribution is 0.298. The van der Waals surface area contributed by atoms with Gasteiger partial charge in [-0.2, -0.15) is 0 Å². The SMILES string of the molecule is COc1ccc(-c2cccc(F)c2)cc1COc1cc(N)nc(N)c1N. The van der Waals surface area contributed by atoms with Crippen molar-refractivity contribution in [2.24, 2.45) is 0 Å². The van der Waals surface area contributed by atoms with Gasteiger partial charge in [-0.1, -0.05) is 18.2 Å². The molecule has 0 atom stereocenters. The number of halogens is 1. The first kappa shape index (κ1) is 17.3. The summed E-state index contributed by atoms with van der Waals surface area (Å²) in [5.74, 6) is 1.01. The number of benzene rings is 2. The van der Waals surface area contributed by atoms with Crippen LogP contribution in [0.4, 0.5) is 21.7 Å². The van der Waals surface area contributed by atoms with E-state index in [1.807, 2.05) is 18.2 Å². The molecule has 6 N–H and O–H groups in total. The number of aromatic nitrogens is 1. The molecule has 134 valence electrons. The van der Waals surface area contributed by atoms with E-state index < -0.39 is 0 Å². The molecule has 7 heteroatoms. The molecule has 0 spiro atoms. The maximum absolute atomic E-state index is 13.5. The van der Waals surface area contributed by atoms with Crippen molar-refractivity contribution in [1.82, 2.24) is 4.98 Å². The van der Waals surface area contributed by atoms with E-state index in [1.165, 1.54) is 18.2 Å². The number of ether oxygens (including phenoxy) is 2. The van der Waals surface area contributed by atoms with Gasteiger partial charge in [0.1, 0.15) is 35.4 Å². The van der Waals surface area contributed by atoms with Crippen LogP contribution in [0.15, 0.2) is 48.5 Å². The molecule has 0 saturated heterocycles. The van der Waals surface area contributed by atoms with E-state index in [0.29, 0.717) is 11.5 Å². The zero-order valence-corrected chi connectivity index (χ0v) is 14.2. The molecule has 2 aromatic carbocycles. The van der Waals surface area contributed by atoms with Crippen LogP contribution in [0.2, 0.25) is 0 Å². The van der Waals surface area contributed by atoms with Gasteiger partial charge in [0.05, 0.1) is 7.11 Å². The Morgan fingerprint density at radius 3 is 2.46 bits per heavy atom. The van der Waals surface area contributed by atoms with Gasteiger partial charge in [-0.3, -0.25) is 0 Å². The van der Waals surface area contributed by atoms with Gasteiger partial charge in [0, 0.05) is 11.6 Å². The lowest BCUT2D eigenvalue weighted by Gasteiger charge is -2.14. The third-order valence-corrected chi connectivity index (χ3v) is 3.89. The van der Waals surface area contributed by atoms with Crippen molar-refractivity contribution in [2.75, 3.05) is 24.3 Å². The standard InChI is InChI=1S/C19H19FN4O2/c1-25-15-6-5-12(11-3-2-4-14(20)8-11)7-13(15)10-26-16-9-17(21)24-19(23)18(16)22/h2-9H,10,22H2,1H3,(H4,21,23,24). The highest BCUT2D eigenvalue weighted by atomic mass is 19.1. The summed E-state index contributed by atoms with van der Waals surface area (Å²) < 4.78 is 24.6. The summed E-state index contributed by atoms with van der Waals surface area (Å²) in [6, 6.07) is 13.4. The smallest absolute Gasteiger partial charge is 0.152 e. The molecule has 0 radical (unpaired) electrons. The maximum Gasteiger partial charge on any atom is 0.152 e. The van der Waals surface area contributed by atoms with Crippen LogP contribution in [0.25, 0.3) is 11.1 Å². The molecule has 1 aromatic heterocycles. The molecule has 0 amide bonds. The predicted octanol–water partition coefficient (Wildman–Crippen LogP) is 3.22. The molecule has 0 aliphatic heterocycles. The number of methoxy groups -OCH3 is 1. The average molecular weight is 354 g/mol. The summed E-state index contributed by atoms with van der Waals surface area (Å²) in [5, 5.41) is 0. The van der Waals surface area contributed by atoms with Crippen molar-refractivity contribution >= 4 is 17.3 Å². The number of pyridine rings is 1. The van der Waals surface area contributed by atoms with Crippen molar-refractivity contribution in [2.45, 2.75) is 6.61 Å². The fourth-order valence-electron chi connectivity index (χ4n) is 2.58. The minimum Gasteiger partial charge on any atom is -0.496 e. The average Bonchev–Trinajstić information content (AvgIpc) is 2.63. The van der Waals surface area contributed by atoms with Crippen molar-refractivity contribution in [3.05, 3.63) is 59.9 Å². The quantitative estimate of drug-likeness (QED) is 0.649. The van der Waals surface area contributed by atoms with Crippen LogP contribution in [-0.2, 0) is 6.61 Å². The van der Waals surface area contributed by atoms with Gasteiger partial charge in [-0.05, 0) is 35.4 Å². The third kappa shape index (κ3) is 3.61. The van der Waals surface area contributed by atoms with Gasteiger partial charge in [-0.25, -0.2) is 9.37 Å². The summed E-state index contributed by atoms with van der Waals surface area (Å²) in [5.41, 5.74) is 19.8. The minimum absolute atomic E-state index is 0.112. The highest BCUT2D eigenvalue weighted by Gasteiger charge is 2.11. The molecule has 6 nitrogen and oxygen atoms in total. The van der Waals surface area contributed by atoms with Crippen molar-refractivity contribution in [3.63, 3.8) is 0 Å². The van der Waals surface area contributed by atoms with Crippen LogP contribution >= 0.6 is 0 Å². The van der Waals surface area contributed by atoms with Crippen LogP contribution < -0.4 is 26.7 Å². The molecular weight excluding hydrogens is 335 g/mol. The first-order valence-electron chi connectivity index (χ1n) is 7.85. The molecule has 0 saturated carbocycles. The van der Waals surface area contributed by atoms with Gasteiger partial charge >= 0.3 is 0 Å². The second-order valence-corrected chi connectivity index (χ2v) is 5.67. The van der Waals surface area contributed by atoms with Gasteiger partial charge in [-0.15, -0.1) is 0 Å². The summed E-state index contributed by atoms with van der Waals surface area (Å²) in [6.07, 6.45) is 0. The van der Waals surface area contributed by atoms with Gasteiger partial charge < -0.3 is 26.7 Å². The predicted molar refractivity (Wildman–Crippen MR) is 100 cm³/mol. The molecule has 0 aliphatic carbocycles. The topological polar surface area (TPSA) is 109 Å². The Morgan fingerprint density at radius 1 is 0.962 bits per heavy atom. The summed E-state index contributed by atoms with van der Waals surface area (Å²) in [7, 11) is 1.57. The van der Waals surface area contributed by atoms with Gasteiger partial charge in [0.15, 0.2) is 5.82 Å². The van der Waals surface area contributed by atoms with E-state index in [2.05, 4.69) is 4.98 Å². The summed E-state index contributed by atoms with van der Waals surface area (Å²) >= 11 is 0. The third-order valence-electron chi connectivity index (χ3n) is 3.89. The summed E-state index contributed by atoms with van der Waals surface area (Å²) in [4.78, 5) is 3.87. The number of nitrogen functional groups attached to an aromatic ring is 3. The molecule has 3 aromatic rings. The Morgan fingerprint density at radius 2 is 1.73 bits per heavy atom. The molecule has 3 rings (SSSR count). The Bertz CT molecular complexity index is 947. The molecular formula is C19H19FN4O2. The van der Waals surface area contributed by atoms with E-state index in [1.54, 1.807) is 19.2 Å². The zero-order valence-electron chi connectivity index (χ0n) is 14.2. The van der Waals surface area contributed by atoms with E-state index >= 15 is 0 Å². The molecule has 0 aliphatic rings. The number of nitrogens with two attached hydrogens (primary N) is 3. The number of hydrogen-bond donors (Lipinski definition) is 3. The minimum atomic E-state index is -0.299. The first-order valence-corrected chi connectivity index (χ1v) is 7.85. The lowest BCUT2D eigenvalue weighted by Crippen LogP contribution is -2.06. The first-order chi connectivity index (χ1) is 12.5. The molecule has 26 heavy (non-hydrogen) atoms. The number of hydrogen-bond acceptors (Lipinski definition) is 6. The van der Waals surface area contributed by atoms with Crippen molar-refractivity contribution in [3.8, 4) is 22.6 Å². The van der Waals surface area contributed by atoms with E-state index in [-0.39, 0.29) is 29.7 Å². The van der Waals surface area contributed by atoms with Crippen LogP contribution in [-0.4, -0.2) is 12.1 Å². The number of anilines is 3. The van der Waals surface area contributed by atoms with Crippen LogP contribution in [0.1, 0.15) is 5.56 Å². The Labute approximate surface area is 150 Å². The van der Waals surface area contributed by atoms with Crippen molar-refractivity contribution < 1.29 is 13.9 Å². The Balaban J connectivity index is 1.90. The van der Waals surface area contributed by atoms with Gasteiger partial charge in [0.2, 0.25) is 0 Å². The van der Waals surface area contributed by atoms with E-state index in [4.69, 9.17) is 26.7 Å². The zero-order chi connectivity index (χ0) is 18.7. The van der Waals surface area contributed by atoms with E-state index in [9.17, 15) is 4.39 Å². The Hall–Kier alpha value is -3.48. The fourth-order valence-corrected chi connectivity index (χ4v) is 2.58. The molecule has 0 fully saturated rings. The van der Waals surface area contributed by atoms with Crippen LogP contribution in [0.5, 0.6) is 11.5 Å². The number of rotatable bonds is 5. The monoisotopic (exact) mass is 354 g/mol. The van der Waals surface area contributed by atoms with Crippen LogP contribution in [0, 0.1) is 5.82 Å². The van der Waals surface area contributed by atoms with Gasteiger partial charge in [0.25, 0.3) is 0 Å². The van der Waals surface area contributed by atoms with Crippen molar-refractivity contribution in [1.29, 1.82) is 0 Å². The molecule has 0 unspecified atom stereocenters. The molecule has 1 heterocycles.